The summed E-state index contributed by atoms with van der Waals surface area (Å²) in [6.07, 6.45) is 1.35. The second kappa shape index (κ2) is 9.80. The number of benzene rings is 2. The molecule has 0 bridgehead atoms. The van der Waals surface area contributed by atoms with Gasteiger partial charge in [0, 0.05) is 17.2 Å². The SMILES string of the molecule is N#Cc1cc(CCNCCCO)c(Cl)cc1NC(=O)c1ccccc1. The fourth-order valence-electron chi connectivity index (χ4n) is 2.34. The van der Waals surface area contributed by atoms with Gasteiger partial charge >= 0.3 is 0 Å². The van der Waals surface area contributed by atoms with Crippen LogP contribution >= 0.6 is 11.6 Å². The monoisotopic (exact) mass is 357 g/mol. The number of rotatable bonds is 8. The summed E-state index contributed by atoms with van der Waals surface area (Å²) < 4.78 is 0. The molecule has 0 fully saturated rings. The molecule has 2 rings (SSSR count). The topological polar surface area (TPSA) is 85.2 Å². The molecule has 0 heterocycles. The lowest BCUT2D eigenvalue weighted by Crippen LogP contribution is -2.19. The highest BCUT2D eigenvalue weighted by Crippen LogP contribution is 2.26. The average molecular weight is 358 g/mol. The predicted molar refractivity (Wildman–Crippen MR) is 98.8 cm³/mol. The van der Waals surface area contributed by atoms with Crippen LogP contribution in [0, 0.1) is 11.3 Å². The number of amides is 1. The number of anilines is 1. The van der Waals surface area contributed by atoms with Gasteiger partial charge in [-0.05, 0) is 55.8 Å². The van der Waals surface area contributed by atoms with Gasteiger partial charge in [0.2, 0.25) is 0 Å². The van der Waals surface area contributed by atoms with Crippen molar-refractivity contribution < 1.29 is 9.90 Å². The van der Waals surface area contributed by atoms with Crippen molar-refractivity contribution in [3.05, 3.63) is 64.2 Å². The first-order chi connectivity index (χ1) is 12.2. The number of nitrogens with zero attached hydrogens (tertiary/aromatic N) is 1. The number of aliphatic hydroxyl groups is 1. The van der Waals surface area contributed by atoms with Crippen LogP contribution in [0.1, 0.15) is 27.9 Å². The largest absolute Gasteiger partial charge is 0.396 e. The second-order valence-electron chi connectivity index (χ2n) is 5.50. The Bertz CT molecular complexity index is 757. The average Bonchev–Trinajstić information content (AvgIpc) is 2.63. The van der Waals surface area contributed by atoms with Gasteiger partial charge < -0.3 is 15.7 Å². The van der Waals surface area contributed by atoms with Gasteiger partial charge in [0.25, 0.3) is 5.91 Å². The van der Waals surface area contributed by atoms with Crippen LogP contribution in [0.2, 0.25) is 5.02 Å². The lowest BCUT2D eigenvalue weighted by molar-refractivity contribution is 0.102. The first kappa shape index (κ1) is 18.9. The fourth-order valence-corrected chi connectivity index (χ4v) is 2.60. The van der Waals surface area contributed by atoms with Gasteiger partial charge in [-0.2, -0.15) is 5.26 Å². The van der Waals surface area contributed by atoms with Crippen LogP contribution in [0.25, 0.3) is 0 Å². The van der Waals surface area contributed by atoms with E-state index in [9.17, 15) is 10.1 Å². The van der Waals surface area contributed by atoms with Crippen molar-refractivity contribution in [1.82, 2.24) is 5.32 Å². The van der Waals surface area contributed by atoms with Crippen molar-refractivity contribution in [2.24, 2.45) is 0 Å². The second-order valence-corrected chi connectivity index (χ2v) is 5.91. The number of aliphatic hydroxyl groups excluding tert-OH is 1. The molecule has 3 N–H and O–H groups in total. The Labute approximate surface area is 152 Å². The maximum absolute atomic E-state index is 12.3. The molecule has 0 aliphatic heterocycles. The summed E-state index contributed by atoms with van der Waals surface area (Å²) in [6.45, 7) is 1.58. The van der Waals surface area contributed by atoms with Crippen LogP contribution in [-0.2, 0) is 6.42 Å². The fraction of sp³-hybridized carbons (Fsp3) is 0.263. The van der Waals surface area contributed by atoms with Crippen molar-refractivity contribution in [2.45, 2.75) is 12.8 Å². The Morgan fingerprint density at radius 1 is 1.20 bits per heavy atom. The van der Waals surface area contributed by atoms with Gasteiger partial charge in [-0.3, -0.25) is 4.79 Å². The summed E-state index contributed by atoms with van der Waals surface area (Å²) in [5, 5.41) is 24.6. The Kier molecular flexibility index (Phi) is 7.42. The summed E-state index contributed by atoms with van der Waals surface area (Å²) in [5.74, 6) is -0.286. The van der Waals surface area contributed by atoms with E-state index in [0.717, 1.165) is 12.1 Å². The van der Waals surface area contributed by atoms with Crippen molar-refractivity contribution >= 4 is 23.2 Å². The molecular formula is C19H20ClN3O2. The lowest BCUT2D eigenvalue weighted by atomic mass is 10.1. The summed E-state index contributed by atoms with van der Waals surface area (Å²) in [4.78, 5) is 12.3. The highest BCUT2D eigenvalue weighted by atomic mass is 35.5. The van der Waals surface area contributed by atoms with Crippen molar-refractivity contribution in [3.8, 4) is 6.07 Å². The van der Waals surface area contributed by atoms with Gasteiger partial charge in [0.05, 0.1) is 11.3 Å². The number of halogens is 1. The molecule has 6 heteroatoms. The summed E-state index contributed by atoms with van der Waals surface area (Å²) >= 11 is 6.30. The molecule has 2 aromatic carbocycles. The molecule has 0 aliphatic carbocycles. The van der Waals surface area contributed by atoms with E-state index in [-0.39, 0.29) is 12.5 Å². The number of nitrogens with one attached hydrogen (secondary N) is 2. The Morgan fingerprint density at radius 2 is 1.96 bits per heavy atom. The van der Waals surface area contributed by atoms with Crippen LogP contribution in [0.15, 0.2) is 42.5 Å². The molecular weight excluding hydrogens is 338 g/mol. The lowest BCUT2D eigenvalue weighted by Gasteiger charge is -2.11. The van der Waals surface area contributed by atoms with E-state index in [0.29, 0.717) is 41.2 Å². The Hall–Kier alpha value is -2.39. The van der Waals surface area contributed by atoms with E-state index in [1.54, 1.807) is 36.4 Å². The highest BCUT2D eigenvalue weighted by molar-refractivity contribution is 6.31. The predicted octanol–water partition coefficient (Wildman–Crippen LogP) is 2.98. The number of hydrogen-bond acceptors (Lipinski definition) is 4. The molecule has 0 spiro atoms. The minimum absolute atomic E-state index is 0.155. The normalized spacial score (nSPS) is 10.3. The summed E-state index contributed by atoms with van der Waals surface area (Å²) in [5.41, 5.74) is 2.13. The van der Waals surface area contributed by atoms with Gasteiger partial charge in [-0.25, -0.2) is 0 Å². The Balaban J connectivity index is 2.08. The molecule has 25 heavy (non-hydrogen) atoms. The highest BCUT2D eigenvalue weighted by Gasteiger charge is 2.12. The maximum Gasteiger partial charge on any atom is 0.255 e. The molecule has 0 atom stereocenters. The third kappa shape index (κ3) is 5.57. The molecule has 2 aromatic rings. The zero-order valence-electron chi connectivity index (χ0n) is 13.8. The van der Waals surface area contributed by atoms with Crippen LogP contribution < -0.4 is 10.6 Å². The minimum Gasteiger partial charge on any atom is -0.396 e. The number of hydrogen-bond donors (Lipinski definition) is 3. The van der Waals surface area contributed by atoms with Crippen LogP contribution in [0.4, 0.5) is 5.69 Å². The van der Waals surface area contributed by atoms with Crippen molar-refractivity contribution in [2.75, 3.05) is 25.0 Å². The van der Waals surface area contributed by atoms with E-state index < -0.39 is 0 Å². The van der Waals surface area contributed by atoms with Crippen LogP contribution in [0.3, 0.4) is 0 Å². The number of carbonyl (C=O) groups is 1. The summed E-state index contributed by atoms with van der Waals surface area (Å²) in [6, 6.07) is 14.2. The zero-order valence-corrected chi connectivity index (χ0v) is 14.5. The third-order valence-electron chi connectivity index (χ3n) is 3.67. The van der Waals surface area contributed by atoms with Gasteiger partial charge in [0.15, 0.2) is 0 Å². The molecule has 0 unspecified atom stereocenters. The minimum atomic E-state index is -0.286. The zero-order chi connectivity index (χ0) is 18.1. The summed E-state index contributed by atoms with van der Waals surface area (Å²) in [7, 11) is 0. The molecule has 0 radical (unpaired) electrons. The van der Waals surface area contributed by atoms with Gasteiger partial charge in [-0.1, -0.05) is 29.8 Å². The van der Waals surface area contributed by atoms with Gasteiger partial charge in [-0.15, -0.1) is 0 Å². The van der Waals surface area contributed by atoms with E-state index in [1.165, 1.54) is 0 Å². The standard InChI is InChI=1S/C19H20ClN3O2/c20-17-12-18(23-19(25)14-5-2-1-3-6-14)16(13-21)11-15(17)7-9-22-8-4-10-24/h1-3,5-6,11-12,22,24H,4,7-10H2,(H,23,25). The van der Waals surface area contributed by atoms with E-state index in [4.69, 9.17) is 16.7 Å². The Morgan fingerprint density at radius 3 is 2.64 bits per heavy atom. The quantitative estimate of drug-likeness (QED) is 0.634. The number of nitriles is 1. The molecule has 0 saturated heterocycles. The number of carbonyl (C=O) groups excluding carboxylic acids is 1. The molecule has 130 valence electrons. The van der Waals surface area contributed by atoms with E-state index in [2.05, 4.69) is 16.7 Å². The van der Waals surface area contributed by atoms with Crippen LogP contribution in [-0.4, -0.2) is 30.7 Å². The molecule has 0 aliphatic rings. The van der Waals surface area contributed by atoms with E-state index >= 15 is 0 Å². The molecule has 1 amide bonds. The molecule has 5 nitrogen and oxygen atoms in total. The van der Waals surface area contributed by atoms with E-state index in [1.807, 2.05) is 6.07 Å². The third-order valence-corrected chi connectivity index (χ3v) is 4.03. The first-order valence-corrected chi connectivity index (χ1v) is 8.44. The van der Waals surface area contributed by atoms with Crippen LogP contribution in [0.5, 0.6) is 0 Å². The first-order valence-electron chi connectivity index (χ1n) is 8.06. The van der Waals surface area contributed by atoms with Gasteiger partial charge in [0.1, 0.15) is 6.07 Å². The molecule has 0 saturated carbocycles. The molecule has 0 aromatic heterocycles. The maximum atomic E-state index is 12.3. The van der Waals surface area contributed by atoms with Crippen molar-refractivity contribution in [1.29, 1.82) is 5.26 Å². The smallest absolute Gasteiger partial charge is 0.255 e. The van der Waals surface area contributed by atoms with Crippen molar-refractivity contribution in [3.63, 3.8) is 0 Å².